The van der Waals surface area contributed by atoms with Gasteiger partial charge in [-0.15, -0.1) is 0 Å². The van der Waals surface area contributed by atoms with E-state index in [1.54, 1.807) is 6.92 Å². The molecular weight excluding hydrogens is 316 g/mol. The van der Waals surface area contributed by atoms with Crippen molar-refractivity contribution in [1.29, 1.82) is 0 Å². The number of urea groups is 1. The lowest BCUT2D eigenvalue weighted by Crippen LogP contribution is -2.44. The van der Waals surface area contributed by atoms with E-state index in [9.17, 15) is 9.90 Å². The number of aliphatic hydroxyl groups excluding tert-OH is 1. The third-order valence-corrected chi connectivity index (χ3v) is 4.77. The Kier molecular flexibility index (Phi) is 7.05. The molecule has 0 aliphatic carbocycles. The van der Waals surface area contributed by atoms with Crippen LogP contribution in [0.3, 0.4) is 0 Å². The van der Waals surface area contributed by atoms with E-state index in [0.717, 1.165) is 25.9 Å². The van der Waals surface area contributed by atoms with Crippen molar-refractivity contribution in [3.8, 4) is 0 Å². The first-order chi connectivity index (χ1) is 11.9. The summed E-state index contributed by atoms with van der Waals surface area (Å²) in [6, 6.07) is 3.97. The fourth-order valence-electron chi connectivity index (χ4n) is 3.44. The van der Waals surface area contributed by atoms with Crippen LogP contribution in [0.4, 0.5) is 10.5 Å². The molecule has 1 aromatic heterocycles. The molecule has 2 amide bonds. The summed E-state index contributed by atoms with van der Waals surface area (Å²) in [5, 5.41) is 15.4. The summed E-state index contributed by atoms with van der Waals surface area (Å²) in [5.74, 6) is 0.523. The monoisotopic (exact) mass is 348 g/mol. The lowest BCUT2D eigenvalue weighted by molar-refractivity contribution is 0.128. The molecular formula is C19H32N4O2. The number of nitrogens with one attached hydrogen (secondary N) is 2. The van der Waals surface area contributed by atoms with Crippen LogP contribution in [0.15, 0.2) is 24.5 Å². The summed E-state index contributed by atoms with van der Waals surface area (Å²) in [4.78, 5) is 18.4. The minimum Gasteiger partial charge on any atom is -0.393 e. The lowest BCUT2D eigenvalue weighted by atomic mass is 9.87. The second-order valence-electron chi connectivity index (χ2n) is 7.92. The van der Waals surface area contributed by atoms with Gasteiger partial charge in [0.1, 0.15) is 0 Å². The average molecular weight is 348 g/mol. The maximum Gasteiger partial charge on any atom is 0.314 e. The molecule has 1 saturated heterocycles. The maximum absolute atomic E-state index is 12.0. The van der Waals surface area contributed by atoms with E-state index < -0.39 is 0 Å². The highest BCUT2D eigenvalue weighted by Gasteiger charge is 2.22. The van der Waals surface area contributed by atoms with Crippen LogP contribution in [0.1, 0.15) is 40.0 Å². The number of rotatable bonds is 7. The molecule has 1 atom stereocenters. The predicted molar refractivity (Wildman–Crippen MR) is 101 cm³/mol. The molecule has 0 aromatic carbocycles. The van der Waals surface area contributed by atoms with Gasteiger partial charge in [0.25, 0.3) is 0 Å². The number of hydrogen-bond donors (Lipinski definition) is 3. The number of amides is 2. The van der Waals surface area contributed by atoms with Crippen LogP contribution >= 0.6 is 0 Å². The highest BCUT2D eigenvalue weighted by atomic mass is 16.3. The van der Waals surface area contributed by atoms with Gasteiger partial charge in [0, 0.05) is 44.3 Å². The topological polar surface area (TPSA) is 77.5 Å². The highest BCUT2D eigenvalue weighted by Crippen LogP contribution is 2.22. The van der Waals surface area contributed by atoms with Crippen LogP contribution in [0.2, 0.25) is 0 Å². The Morgan fingerprint density at radius 3 is 2.56 bits per heavy atom. The maximum atomic E-state index is 12.0. The molecule has 1 unspecified atom stereocenters. The van der Waals surface area contributed by atoms with E-state index in [0.29, 0.717) is 25.4 Å². The number of hydrogen-bond acceptors (Lipinski definition) is 4. The van der Waals surface area contributed by atoms with E-state index in [2.05, 4.69) is 34.4 Å². The van der Waals surface area contributed by atoms with Crippen LogP contribution in [0.25, 0.3) is 0 Å². The SMILES string of the molecule is CC(O)CC(C)(C)CNC(=O)NCC1CCN(c2ccncc2)CC1. The quantitative estimate of drug-likeness (QED) is 0.707. The highest BCUT2D eigenvalue weighted by molar-refractivity contribution is 5.73. The van der Waals surface area contributed by atoms with Gasteiger partial charge in [-0.25, -0.2) is 4.79 Å². The number of anilines is 1. The molecule has 2 heterocycles. The number of nitrogens with zero attached hydrogens (tertiary/aromatic N) is 2. The molecule has 140 valence electrons. The van der Waals surface area contributed by atoms with E-state index in [1.807, 2.05) is 24.5 Å². The summed E-state index contributed by atoms with van der Waals surface area (Å²) < 4.78 is 0. The molecule has 6 heteroatoms. The van der Waals surface area contributed by atoms with Crippen LogP contribution in [0, 0.1) is 11.3 Å². The minimum absolute atomic E-state index is 0.110. The van der Waals surface area contributed by atoms with Crippen molar-refractivity contribution >= 4 is 11.7 Å². The molecule has 1 aliphatic heterocycles. The van der Waals surface area contributed by atoms with Crippen molar-refractivity contribution in [1.82, 2.24) is 15.6 Å². The van der Waals surface area contributed by atoms with Crippen LogP contribution in [-0.2, 0) is 0 Å². The number of aliphatic hydroxyl groups is 1. The molecule has 1 aliphatic rings. The Morgan fingerprint density at radius 2 is 1.96 bits per heavy atom. The van der Waals surface area contributed by atoms with Crippen molar-refractivity contribution < 1.29 is 9.90 Å². The summed E-state index contributed by atoms with van der Waals surface area (Å²) in [6.45, 7) is 9.18. The summed E-state index contributed by atoms with van der Waals surface area (Å²) >= 11 is 0. The van der Waals surface area contributed by atoms with Crippen molar-refractivity contribution in [2.24, 2.45) is 11.3 Å². The summed E-state index contributed by atoms with van der Waals surface area (Å²) in [5.41, 5.74) is 1.11. The van der Waals surface area contributed by atoms with Crippen LogP contribution in [0.5, 0.6) is 0 Å². The van der Waals surface area contributed by atoms with Crippen molar-refractivity contribution in [3.05, 3.63) is 24.5 Å². The fourth-order valence-corrected chi connectivity index (χ4v) is 3.44. The van der Waals surface area contributed by atoms with Crippen molar-refractivity contribution in [2.75, 3.05) is 31.1 Å². The molecule has 3 N–H and O–H groups in total. The normalized spacial score (nSPS) is 17.2. The third-order valence-electron chi connectivity index (χ3n) is 4.77. The Bertz CT molecular complexity index is 525. The number of aromatic nitrogens is 1. The number of carbonyl (C=O) groups excluding carboxylic acids is 1. The lowest BCUT2D eigenvalue weighted by Gasteiger charge is -2.33. The van der Waals surface area contributed by atoms with Gasteiger partial charge in [-0.05, 0) is 49.7 Å². The molecule has 0 radical (unpaired) electrons. The van der Waals surface area contributed by atoms with Gasteiger partial charge in [0.05, 0.1) is 6.10 Å². The average Bonchev–Trinajstić information content (AvgIpc) is 2.58. The van der Waals surface area contributed by atoms with E-state index >= 15 is 0 Å². The van der Waals surface area contributed by atoms with Crippen LogP contribution in [-0.4, -0.2) is 48.4 Å². The first kappa shape index (κ1) is 19.5. The second kappa shape index (κ2) is 9.04. The van der Waals surface area contributed by atoms with Gasteiger partial charge < -0.3 is 20.6 Å². The zero-order valence-corrected chi connectivity index (χ0v) is 15.7. The molecule has 1 aromatic rings. The Labute approximate surface area is 151 Å². The van der Waals surface area contributed by atoms with Crippen LogP contribution < -0.4 is 15.5 Å². The summed E-state index contributed by atoms with van der Waals surface area (Å²) in [6.07, 6.45) is 6.12. The smallest absolute Gasteiger partial charge is 0.314 e. The fraction of sp³-hybridized carbons (Fsp3) is 0.684. The van der Waals surface area contributed by atoms with Crippen molar-refractivity contribution in [2.45, 2.75) is 46.1 Å². The van der Waals surface area contributed by atoms with Crippen molar-refractivity contribution in [3.63, 3.8) is 0 Å². The zero-order chi connectivity index (χ0) is 18.3. The minimum atomic E-state index is -0.356. The van der Waals surface area contributed by atoms with Gasteiger partial charge in [-0.1, -0.05) is 13.8 Å². The second-order valence-corrected chi connectivity index (χ2v) is 7.92. The number of piperidine rings is 1. The Balaban J connectivity index is 1.65. The molecule has 0 saturated carbocycles. The predicted octanol–water partition coefficient (Wildman–Crippen LogP) is 2.39. The largest absolute Gasteiger partial charge is 0.393 e. The molecule has 25 heavy (non-hydrogen) atoms. The molecule has 2 rings (SSSR count). The third kappa shape index (κ3) is 6.90. The van der Waals surface area contributed by atoms with Gasteiger partial charge in [0.15, 0.2) is 0 Å². The molecule has 0 spiro atoms. The number of pyridine rings is 1. The summed E-state index contributed by atoms with van der Waals surface area (Å²) in [7, 11) is 0. The Morgan fingerprint density at radius 1 is 1.32 bits per heavy atom. The van der Waals surface area contributed by atoms with Gasteiger partial charge in [-0.2, -0.15) is 0 Å². The van der Waals surface area contributed by atoms with Gasteiger partial charge >= 0.3 is 6.03 Å². The first-order valence-electron chi connectivity index (χ1n) is 9.20. The standard InChI is InChI=1S/C19H32N4O2/c1-15(24)12-19(2,3)14-22-18(25)21-13-16-6-10-23(11-7-16)17-4-8-20-9-5-17/h4-5,8-9,15-16,24H,6-7,10-14H2,1-3H3,(H2,21,22,25). The zero-order valence-electron chi connectivity index (χ0n) is 15.7. The van der Waals surface area contributed by atoms with Gasteiger partial charge in [-0.3, -0.25) is 4.98 Å². The van der Waals surface area contributed by atoms with E-state index in [1.165, 1.54) is 5.69 Å². The molecule has 6 nitrogen and oxygen atoms in total. The number of carbonyl (C=O) groups is 1. The van der Waals surface area contributed by atoms with E-state index in [4.69, 9.17) is 0 Å². The van der Waals surface area contributed by atoms with E-state index in [-0.39, 0.29) is 17.6 Å². The first-order valence-corrected chi connectivity index (χ1v) is 9.20. The Hall–Kier alpha value is -1.82. The van der Waals surface area contributed by atoms with Gasteiger partial charge in [0.2, 0.25) is 0 Å². The molecule has 1 fully saturated rings. The molecule has 0 bridgehead atoms.